The number of rotatable bonds is 5. The van der Waals surface area contributed by atoms with Crippen molar-refractivity contribution in [1.82, 2.24) is 19.6 Å². The fourth-order valence-electron chi connectivity index (χ4n) is 2.71. The van der Waals surface area contributed by atoms with Gasteiger partial charge in [0.05, 0.1) is 34.8 Å². The Hall–Kier alpha value is -2.31. The Balaban J connectivity index is 1.68. The summed E-state index contributed by atoms with van der Waals surface area (Å²) in [6.07, 6.45) is 3.39. The largest absolute Gasteiger partial charge is 0.322 e. The summed E-state index contributed by atoms with van der Waals surface area (Å²) in [6.45, 7) is 6.01. The van der Waals surface area contributed by atoms with E-state index < -0.39 is 6.04 Å². The summed E-state index contributed by atoms with van der Waals surface area (Å²) in [5, 5.41) is 12.7. The number of nitrogens with one attached hydrogen (secondary N) is 1. The van der Waals surface area contributed by atoms with E-state index in [1.54, 1.807) is 28.7 Å². The maximum Gasteiger partial charge on any atom is 0.249 e. The van der Waals surface area contributed by atoms with E-state index in [1.807, 2.05) is 38.1 Å². The van der Waals surface area contributed by atoms with Gasteiger partial charge in [0.2, 0.25) is 5.91 Å². The molecule has 1 atom stereocenters. The van der Waals surface area contributed by atoms with Gasteiger partial charge < -0.3 is 5.32 Å². The third-order valence-corrected chi connectivity index (χ3v) is 4.90. The van der Waals surface area contributed by atoms with Gasteiger partial charge in [-0.05, 0) is 38.5 Å². The van der Waals surface area contributed by atoms with E-state index in [2.05, 4.69) is 15.5 Å². The Kier molecular flexibility index (Phi) is 5.34. The molecule has 0 aliphatic rings. The number of benzene rings is 1. The molecule has 136 valence electrons. The van der Waals surface area contributed by atoms with Crippen molar-refractivity contribution in [1.29, 1.82) is 0 Å². The van der Waals surface area contributed by atoms with Crippen LogP contribution in [0.3, 0.4) is 0 Å². The zero-order chi connectivity index (χ0) is 18.8. The Bertz CT molecular complexity index is 947. The Labute approximate surface area is 161 Å². The summed E-state index contributed by atoms with van der Waals surface area (Å²) in [4.78, 5) is 12.5. The van der Waals surface area contributed by atoms with Gasteiger partial charge in [-0.3, -0.25) is 14.2 Å². The van der Waals surface area contributed by atoms with Crippen LogP contribution in [0.2, 0.25) is 10.0 Å². The number of aryl methyl sites for hydroxylation is 1. The molecule has 2 aromatic heterocycles. The van der Waals surface area contributed by atoms with E-state index >= 15 is 0 Å². The summed E-state index contributed by atoms with van der Waals surface area (Å²) in [7, 11) is 0. The van der Waals surface area contributed by atoms with Gasteiger partial charge in [0, 0.05) is 11.2 Å². The van der Waals surface area contributed by atoms with Crippen LogP contribution in [0.5, 0.6) is 0 Å². The Morgan fingerprint density at radius 3 is 2.73 bits per heavy atom. The molecule has 1 unspecified atom stereocenters. The lowest BCUT2D eigenvalue weighted by Crippen LogP contribution is -2.25. The highest BCUT2D eigenvalue weighted by molar-refractivity contribution is 6.31. The summed E-state index contributed by atoms with van der Waals surface area (Å²) < 4.78 is 3.37. The number of anilines is 1. The average Bonchev–Trinajstić information content (AvgIpc) is 3.13. The molecule has 0 saturated heterocycles. The molecule has 1 aromatic carbocycles. The fraction of sp³-hybridized carbons (Fsp3) is 0.278. The van der Waals surface area contributed by atoms with Crippen LogP contribution in [-0.4, -0.2) is 25.5 Å². The molecule has 0 radical (unpaired) electrons. The lowest BCUT2D eigenvalue weighted by Gasteiger charge is -2.13. The van der Waals surface area contributed by atoms with Crippen molar-refractivity contribution in [3.63, 3.8) is 0 Å². The molecular formula is C18H19Cl2N5O. The first-order chi connectivity index (χ1) is 12.3. The minimum absolute atomic E-state index is 0.186. The number of hydrogen-bond acceptors (Lipinski definition) is 3. The molecule has 3 aromatic rings. The van der Waals surface area contributed by atoms with Gasteiger partial charge in [-0.2, -0.15) is 10.2 Å². The van der Waals surface area contributed by atoms with E-state index in [9.17, 15) is 4.79 Å². The predicted octanol–water partition coefficient (Wildman–Crippen LogP) is 4.25. The topological polar surface area (TPSA) is 64.7 Å². The van der Waals surface area contributed by atoms with Crippen LogP contribution < -0.4 is 5.32 Å². The summed E-state index contributed by atoms with van der Waals surface area (Å²) in [5.41, 5.74) is 3.13. The number of carbonyl (C=O) groups is 1. The summed E-state index contributed by atoms with van der Waals surface area (Å²) in [6, 6.07) is 7.09. The molecule has 1 amide bonds. The first kappa shape index (κ1) is 18.5. The van der Waals surface area contributed by atoms with E-state index in [0.717, 1.165) is 11.3 Å². The van der Waals surface area contributed by atoms with Crippen molar-refractivity contribution in [3.05, 3.63) is 63.7 Å². The van der Waals surface area contributed by atoms with Crippen LogP contribution in [0.25, 0.3) is 0 Å². The van der Waals surface area contributed by atoms with Crippen molar-refractivity contribution < 1.29 is 4.79 Å². The SMILES string of the molecule is Cc1nn(C(C)C(=O)Nc2cnn(Cc3cccc(Cl)c3)c2)c(C)c1Cl. The number of aromatic nitrogens is 4. The molecule has 2 heterocycles. The average molecular weight is 392 g/mol. The minimum Gasteiger partial charge on any atom is -0.322 e. The third kappa shape index (κ3) is 3.92. The summed E-state index contributed by atoms with van der Waals surface area (Å²) >= 11 is 12.2. The van der Waals surface area contributed by atoms with E-state index in [1.165, 1.54) is 0 Å². The van der Waals surface area contributed by atoms with Crippen molar-refractivity contribution in [2.75, 3.05) is 5.32 Å². The molecule has 0 aliphatic heterocycles. The molecule has 3 rings (SSSR count). The maximum atomic E-state index is 12.5. The first-order valence-corrected chi connectivity index (χ1v) is 8.89. The highest BCUT2D eigenvalue weighted by atomic mass is 35.5. The second-order valence-corrected chi connectivity index (χ2v) is 6.97. The smallest absolute Gasteiger partial charge is 0.249 e. The Morgan fingerprint density at radius 2 is 2.08 bits per heavy atom. The second-order valence-electron chi connectivity index (χ2n) is 6.15. The van der Waals surface area contributed by atoms with Crippen molar-refractivity contribution in [2.24, 2.45) is 0 Å². The molecule has 0 saturated carbocycles. The normalized spacial score (nSPS) is 12.2. The number of hydrogen-bond donors (Lipinski definition) is 1. The van der Waals surface area contributed by atoms with E-state index in [4.69, 9.17) is 23.2 Å². The van der Waals surface area contributed by atoms with Crippen molar-refractivity contribution in [2.45, 2.75) is 33.4 Å². The van der Waals surface area contributed by atoms with Gasteiger partial charge in [-0.1, -0.05) is 35.3 Å². The zero-order valence-corrected chi connectivity index (χ0v) is 16.2. The second kappa shape index (κ2) is 7.51. The number of amides is 1. The van der Waals surface area contributed by atoms with E-state index in [0.29, 0.717) is 28.0 Å². The van der Waals surface area contributed by atoms with Crippen LogP contribution in [0.1, 0.15) is 29.9 Å². The standard InChI is InChI=1S/C18H19Cl2N5O/c1-11-17(20)12(2)25(23-11)13(3)18(26)22-16-8-21-24(10-16)9-14-5-4-6-15(19)7-14/h4-8,10,13H,9H2,1-3H3,(H,22,26). The summed E-state index contributed by atoms with van der Waals surface area (Å²) in [5.74, 6) is -0.186. The number of halogens is 2. The Morgan fingerprint density at radius 1 is 1.31 bits per heavy atom. The molecule has 1 N–H and O–H groups in total. The molecule has 0 aliphatic carbocycles. The molecule has 26 heavy (non-hydrogen) atoms. The van der Waals surface area contributed by atoms with Crippen LogP contribution in [0, 0.1) is 13.8 Å². The predicted molar refractivity (Wildman–Crippen MR) is 103 cm³/mol. The highest BCUT2D eigenvalue weighted by Gasteiger charge is 2.21. The van der Waals surface area contributed by atoms with Gasteiger partial charge in [-0.15, -0.1) is 0 Å². The third-order valence-electron chi connectivity index (χ3n) is 4.12. The fourth-order valence-corrected chi connectivity index (χ4v) is 3.05. The molecular weight excluding hydrogens is 373 g/mol. The van der Waals surface area contributed by atoms with Crippen molar-refractivity contribution >= 4 is 34.8 Å². The number of nitrogens with zero attached hydrogens (tertiary/aromatic N) is 4. The van der Waals surface area contributed by atoms with Gasteiger partial charge in [0.15, 0.2) is 0 Å². The van der Waals surface area contributed by atoms with Crippen LogP contribution in [0.15, 0.2) is 36.7 Å². The first-order valence-electron chi connectivity index (χ1n) is 8.14. The molecule has 0 spiro atoms. The van der Waals surface area contributed by atoms with Crippen molar-refractivity contribution in [3.8, 4) is 0 Å². The van der Waals surface area contributed by atoms with Gasteiger partial charge in [0.1, 0.15) is 6.04 Å². The minimum atomic E-state index is -0.488. The van der Waals surface area contributed by atoms with Crippen LogP contribution in [-0.2, 0) is 11.3 Å². The lowest BCUT2D eigenvalue weighted by molar-refractivity contribution is -0.119. The van der Waals surface area contributed by atoms with E-state index in [-0.39, 0.29) is 5.91 Å². The molecule has 6 nitrogen and oxygen atoms in total. The highest BCUT2D eigenvalue weighted by Crippen LogP contribution is 2.23. The lowest BCUT2D eigenvalue weighted by atomic mass is 10.2. The molecule has 8 heteroatoms. The quantitative estimate of drug-likeness (QED) is 0.706. The van der Waals surface area contributed by atoms with Gasteiger partial charge in [0.25, 0.3) is 0 Å². The van der Waals surface area contributed by atoms with Gasteiger partial charge >= 0.3 is 0 Å². The monoisotopic (exact) mass is 391 g/mol. The van der Waals surface area contributed by atoms with Crippen LogP contribution in [0.4, 0.5) is 5.69 Å². The maximum absolute atomic E-state index is 12.5. The molecule has 0 fully saturated rings. The van der Waals surface area contributed by atoms with Gasteiger partial charge in [-0.25, -0.2) is 0 Å². The van der Waals surface area contributed by atoms with Crippen LogP contribution >= 0.6 is 23.2 Å². The molecule has 0 bridgehead atoms. The number of carbonyl (C=O) groups excluding carboxylic acids is 1. The zero-order valence-electron chi connectivity index (χ0n) is 14.7.